The van der Waals surface area contributed by atoms with Crippen molar-refractivity contribution in [2.75, 3.05) is 14.2 Å². The maximum atomic E-state index is 11.6. The molecule has 0 unspecified atom stereocenters. The summed E-state index contributed by atoms with van der Waals surface area (Å²) in [5.41, 5.74) is 3.75. The lowest BCUT2D eigenvalue weighted by Crippen LogP contribution is -2.04. The maximum absolute atomic E-state index is 11.6. The molecule has 2 aromatic carbocycles. The van der Waals surface area contributed by atoms with E-state index >= 15 is 0 Å². The van der Waals surface area contributed by atoms with Crippen LogP contribution in [-0.2, 0) is 16.1 Å². The number of rotatable bonds is 6. The fraction of sp³-hybridized carbons (Fsp3) is 0.238. The number of hydrogen-bond donors (Lipinski definition) is 0. The Morgan fingerprint density at radius 3 is 2.31 bits per heavy atom. The van der Waals surface area contributed by atoms with Crippen LogP contribution in [-0.4, -0.2) is 20.2 Å². The van der Waals surface area contributed by atoms with Crippen LogP contribution in [0, 0.1) is 25.2 Å². The highest BCUT2D eigenvalue weighted by molar-refractivity contribution is 5.98. The second-order valence-corrected chi connectivity index (χ2v) is 5.76. The molecule has 0 saturated carbocycles. The first kappa shape index (κ1) is 19.1. The summed E-state index contributed by atoms with van der Waals surface area (Å²) in [4.78, 5) is 11.6. The molecule has 0 spiro atoms. The summed E-state index contributed by atoms with van der Waals surface area (Å²) in [5.74, 6) is 0.849. The van der Waals surface area contributed by atoms with Crippen LogP contribution >= 0.6 is 0 Å². The van der Waals surface area contributed by atoms with E-state index in [1.165, 1.54) is 13.2 Å². The first-order chi connectivity index (χ1) is 12.5. The number of aryl methyl sites for hydroxylation is 2. The summed E-state index contributed by atoms with van der Waals surface area (Å²) in [5, 5.41) is 9.14. The molecule has 0 radical (unpaired) electrons. The zero-order valence-corrected chi connectivity index (χ0v) is 15.3. The van der Waals surface area contributed by atoms with E-state index in [4.69, 9.17) is 14.7 Å². The predicted octanol–water partition coefficient (Wildman–Crippen LogP) is 3.97. The number of benzene rings is 2. The number of ether oxygens (including phenoxy) is 3. The molecule has 0 aliphatic heterocycles. The van der Waals surface area contributed by atoms with Gasteiger partial charge < -0.3 is 14.2 Å². The molecule has 134 valence electrons. The SMILES string of the molecule is COC(=O)/C(C#N)=C\c1cc(COc2ccc(OC)cc2)c(C)cc1C. The van der Waals surface area contributed by atoms with Crippen molar-refractivity contribution >= 4 is 12.0 Å². The third kappa shape index (κ3) is 4.64. The fourth-order valence-corrected chi connectivity index (χ4v) is 2.46. The third-order valence-corrected chi connectivity index (χ3v) is 4.00. The van der Waals surface area contributed by atoms with Crippen molar-refractivity contribution in [3.8, 4) is 17.6 Å². The summed E-state index contributed by atoms with van der Waals surface area (Å²) in [6.07, 6.45) is 1.54. The van der Waals surface area contributed by atoms with Crippen molar-refractivity contribution in [2.45, 2.75) is 20.5 Å². The van der Waals surface area contributed by atoms with Gasteiger partial charge >= 0.3 is 5.97 Å². The average molecular weight is 351 g/mol. The number of nitrogens with zero attached hydrogens (tertiary/aromatic N) is 1. The zero-order chi connectivity index (χ0) is 19.1. The molecular formula is C21H21NO4. The van der Waals surface area contributed by atoms with Gasteiger partial charge in [0.05, 0.1) is 14.2 Å². The van der Waals surface area contributed by atoms with Crippen LogP contribution in [0.1, 0.15) is 22.3 Å². The van der Waals surface area contributed by atoms with Gasteiger partial charge in [-0.2, -0.15) is 5.26 Å². The molecule has 0 atom stereocenters. The summed E-state index contributed by atoms with van der Waals surface area (Å²) >= 11 is 0. The van der Waals surface area contributed by atoms with Crippen LogP contribution in [0.3, 0.4) is 0 Å². The monoisotopic (exact) mass is 351 g/mol. The molecule has 0 aliphatic carbocycles. The van der Waals surface area contributed by atoms with Crippen LogP contribution in [0.25, 0.3) is 6.08 Å². The molecule has 2 rings (SSSR count). The highest BCUT2D eigenvalue weighted by Crippen LogP contribution is 2.22. The van der Waals surface area contributed by atoms with Gasteiger partial charge in [0.1, 0.15) is 29.7 Å². The minimum absolute atomic E-state index is 0.0403. The lowest BCUT2D eigenvalue weighted by atomic mass is 9.98. The van der Waals surface area contributed by atoms with Crippen LogP contribution in [0.15, 0.2) is 42.0 Å². The van der Waals surface area contributed by atoms with Gasteiger partial charge in [0, 0.05) is 0 Å². The van der Waals surface area contributed by atoms with E-state index in [1.807, 2.05) is 56.3 Å². The topological polar surface area (TPSA) is 68.6 Å². The van der Waals surface area contributed by atoms with Crippen LogP contribution in [0.4, 0.5) is 0 Å². The quantitative estimate of drug-likeness (QED) is 0.447. The van der Waals surface area contributed by atoms with E-state index in [9.17, 15) is 4.79 Å². The molecule has 0 fully saturated rings. The fourth-order valence-electron chi connectivity index (χ4n) is 2.46. The molecule has 5 nitrogen and oxygen atoms in total. The van der Waals surface area contributed by atoms with Gasteiger partial charge in [-0.3, -0.25) is 0 Å². The summed E-state index contributed by atoms with van der Waals surface area (Å²) in [6.45, 7) is 4.30. The molecule has 0 aliphatic rings. The van der Waals surface area contributed by atoms with Gasteiger partial charge in [-0.25, -0.2) is 4.79 Å². The standard InChI is InChI=1S/C21H21NO4/c1-14-9-15(2)18(11-16(14)10-17(12-22)21(23)25-4)13-26-20-7-5-19(24-3)6-8-20/h5-11H,13H2,1-4H3/b17-10-. The van der Waals surface area contributed by atoms with E-state index in [-0.39, 0.29) is 5.57 Å². The number of nitriles is 1. The lowest BCUT2D eigenvalue weighted by Gasteiger charge is -2.12. The summed E-state index contributed by atoms with van der Waals surface area (Å²) in [7, 11) is 2.87. The first-order valence-electron chi connectivity index (χ1n) is 8.05. The Hall–Kier alpha value is -3.26. The first-order valence-corrected chi connectivity index (χ1v) is 8.05. The molecule has 0 amide bonds. The summed E-state index contributed by atoms with van der Waals surface area (Å²) < 4.78 is 15.6. The molecule has 0 heterocycles. The van der Waals surface area contributed by atoms with Gasteiger partial charge in [0.25, 0.3) is 0 Å². The Labute approximate surface area is 153 Å². The van der Waals surface area contributed by atoms with Crippen molar-refractivity contribution in [3.05, 3.63) is 64.2 Å². The normalized spacial score (nSPS) is 10.8. The number of esters is 1. The molecule has 0 aromatic heterocycles. The highest BCUT2D eigenvalue weighted by atomic mass is 16.5. The Balaban J connectivity index is 2.25. The van der Waals surface area contributed by atoms with Crippen LogP contribution in [0.5, 0.6) is 11.5 Å². The molecule has 0 N–H and O–H groups in total. The van der Waals surface area contributed by atoms with Crippen molar-refractivity contribution in [2.24, 2.45) is 0 Å². The van der Waals surface area contributed by atoms with Gasteiger partial charge in [0.2, 0.25) is 0 Å². The largest absolute Gasteiger partial charge is 0.497 e. The average Bonchev–Trinajstić information content (AvgIpc) is 2.66. The number of methoxy groups -OCH3 is 2. The molecular weight excluding hydrogens is 330 g/mol. The van der Waals surface area contributed by atoms with Crippen molar-refractivity contribution in [1.82, 2.24) is 0 Å². The van der Waals surface area contributed by atoms with E-state index in [2.05, 4.69) is 4.74 Å². The Bertz CT molecular complexity index is 861. The minimum atomic E-state index is -0.650. The molecule has 0 saturated heterocycles. The van der Waals surface area contributed by atoms with Gasteiger partial charge in [-0.15, -0.1) is 0 Å². The summed E-state index contributed by atoms with van der Waals surface area (Å²) in [6, 6.07) is 13.2. The Morgan fingerprint density at radius 1 is 1.08 bits per heavy atom. The minimum Gasteiger partial charge on any atom is -0.497 e. The van der Waals surface area contributed by atoms with Crippen molar-refractivity contribution in [3.63, 3.8) is 0 Å². The van der Waals surface area contributed by atoms with E-state index in [1.54, 1.807) is 7.11 Å². The number of carbonyl (C=O) groups excluding carboxylic acids is 1. The van der Waals surface area contributed by atoms with E-state index in [0.29, 0.717) is 6.61 Å². The van der Waals surface area contributed by atoms with Crippen molar-refractivity contribution in [1.29, 1.82) is 5.26 Å². The molecule has 0 bridgehead atoms. The zero-order valence-electron chi connectivity index (χ0n) is 15.3. The Morgan fingerprint density at radius 2 is 1.73 bits per heavy atom. The van der Waals surface area contributed by atoms with Gasteiger partial charge in [0.15, 0.2) is 0 Å². The number of hydrogen-bond acceptors (Lipinski definition) is 5. The highest BCUT2D eigenvalue weighted by Gasteiger charge is 2.11. The van der Waals surface area contributed by atoms with Crippen LogP contribution < -0.4 is 9.47 Å². The smallest absolute Gasteiger partial charge is 0.348 e. The Kier molecular flexibility index (Phi) is 6.40. The molecule has 2 aromatic rings. The van der Waals surface area contributed by atoms with E-state index in [0.717, 1.165) is 33.8 Å². The second kappa shape index (κ2) is 8.72. The van der Waals surface area contributed by atoms with Gasteiger partial charge in [-0.05, 0) is 72.5 Å². The second-order valence-electron chi connectivity index (χ2n) is 5.76. The third-order valence-electron chi connectivity index (χ3n) is 4.00. The van der Waals surface area contributed by atoms with Gasteiger partial charge in [-0.1, -0.05) is 6.07 Å². The molecule has 26 heavy (non-hydrogen) atoms. The maximum Gasteiger partial charge on any atom is 0.348 e. The predicted molar refractivity (Wildman–Crippen MR) is 98.8 cm³/mol. The number of carbonyl (C=O) groups is 1. The van der Waals surface area contributed by atoms with Crippen molar-refractivity contribution < 1.29 is 19.0 Å². The van der Waals surface area contributed by atoms with E-state index < -0.39 is 5.97 Å². The molecule has 5 heteroatoms. The van der Waals surface area contributed by atoms with Crippen LogP contribution in [0.2, 0.25) is 0 Å². The lowest BCUT2D eigenvalue weighted by molar-refractivity contribution is -0.135.